The molecule has 0 spiro atoms. The van der Waals surface area contributed by atoms with Gasteiger partial charge in [0.1, 0.15) is 0 Å². The second-order valence-electron chi connectivity index (χ2n) is 1.21. The van der Waals surface area contributed by atoms with Gasteiger partial charge in [0.2, 0.25) is 0 Å². The number of hydrogen-bond donors (Lipinski definition) is 6. The van der Waals surface area contributed by atoms with Crippen molar-refractivity contribution in [3.63, 3.8) is 0 Å². The molecule has 0 aromatic carbocycles. The fourth-order valence-corrected chi connectivity index (χ4v) is 0. The average Bonchev–Trinajstić information content (AvgIpc) is 1.54. The maximum absolute atomic E-state index is 9.00. The van der Waals surface area contributed by atoms with E-state index in [1.807, 2.05) is 0 Å². The molecule has 0 rings (SSSR count). The molecule has 0 bridgehead atoms. The van der Waals surface area contributed by atoms with E-state index in [1.54, 1.807) is 0 Å². The van der Waals surface area contributed by atoms with Crippen molar-refractivity contribution in [2.45, 2.75) is 0 Å². The van der Waals surface area contributed by atoms with Gasteiger partial charge in [-0.25, -0.2) is 4.79 Å². The van der Waals surface area contributed by atoms with E-state index in [1.165, 1.54) is 0 Å². The van der Waals surface area contributed by atoms with E-state index in [9.17, 15) is 0 Å². The van der Waals surface area contributed by atoms with E-state index in [2.05, 4.69) is 50.7 Å². The van der Waals surface area contributed by atoms with Gasteiger partial charge >= 0.3 is 37.7 Å². The molecule has 7 nitrogen and oxygen atoms in total. The molecule has 0 saturated carbocycles. The number of carbonyl (C=O) groups excluding carboxylic acids is 1. The minimum absolute atomic E-state index is 0.000000000000000222. The zero-order valence-electron chi connectivity index (χ0n) is 6.19. The Kier molecular flexibility index (Phi) is 18.0. The summed E-state index contributed by atoms with van der Waals surface area (Å²) in [5.74, 6) is 0. The Morgan fingerprint density at radius 2 is 1.00 bits per heavy atom. The zero-order chi connectivity index (χ0) is 10.7. The molecule has 0 radical (unpaired) electrons. The van der Waals surface area contributed by atoms with Crippen LogP contribution in [0.25, 0.3) is 0 Å². The summed E-state index contributed by atoms with van der Waals surface area (Å²) in [6.07, 6.45) is 0. The van der Waals surface area contributed by atoms with Crippen LogP contribution in [0.1, 0.15) is 0 Å². The van der Waals surface area contributed by atoms with E-state index in [0.717, 1.165) is 0 Å². The van der Waals surface area contributed by atoms with E-state index < -0.39 is 6.03 Å². The Morgan fingerprint density at radius 1 is 1.00 bits per heavy atom. The summed E-state index contributed by atoms with van der Waals surface area (Å²) in [7, 11) is 0. The van der Waals surface area contributed by atoms with E-state index in [-0.39, 0.29) is 5.11 Å². The van der Waals surface area contributed by atoms with Gasteiger partial charge in [-0.15, -0.1) is 0 Å². The van der Waals surface area contributed by atoms with Crippen molar-refractivity contribution >= 4 is 43.6 Å². The van der Waals surface area contributed by atoms with Gasteiger partial charge in [0.25, 0.3) is 0 Å². The van der Waals surface area contributed by atoms with Gasteiger partial charge in [0, 0.05) is 0 Å². The Balaban J connectivity index is -0.000000101. The molecule has 0 aliphatic heterocycles. The standard InChI is InChI=1S/CH4N2O.CH4N2S.CH4N2Se/c3*2-1(3)4/h3*(H4,2,3,4). The summed E-state index contributed by atoms with van der Waals surface area (Å²) >= 11 is 6.47. The minimum atomic E-state index is -0.833. The molecule has 0 unspecified atom stereocenters. The number of nitrogens with two attached hydrogens (primary N) is 6. The van der Waals surface area contributed by atoms with Crippen LogP contribution in [0.3, 0.4) is 0 Å². The van der Waals surface area contributed by atoms with Crippen LogP contribution >= 0.6 is 12.2 Å². The molecule has 0 fully saturated rings. The van der Waals surface area contributed by atoms with Crippen molar-refractivity contribution in [3.8, 4) is 0 Å². The fourth-order valence-electron chi connectivity index (χ4n) is 0. The third-order valence-corrected chi connectivity index (χ3v) is 0. The third kappa shape index (κ3) is 512. The monoisotopic (exact) mass is 260 g/mol. The number of urea groups is 1. The first-order valence-electron chi connectivity index (χ1n) is 2.34. The summed E-state index contributed by atoms with van der Waals surface area (Å²) in [5, 5.41) is 0.000000000000000222. The third-order valence-electron chi connectivity index (χ3n) is 0. The summed E-state index contributed by atoms with van der Waals surface area (Å²) in [6.45, 7) is 0. The number of rotatable bonds is 0. The van der Waals surface area contributed by atoms with Gasteiger partial charge in [0.15, 0.2) is 5.11 Å². The molecule has 0 saturated heterocycles. The van der Waals surface area contributed by atoms with Gasteiger partial charge in [-0.1, -0.05) is 0 Å². The number of carbonyl (C=O) groups is 1. The molecule has 0 aromatic rings. The molecule has 0 heterocycles. The van der Waals surface area contributed by atoms with Crippen LogP contribution < -0.4 is 34.4 Å². The molecule has 0 aliphatic carbocycles. The average molecular weight is 259 g/mol. The first-order chi connectivity index (χ1) is 5.20. The second kappa shape index (κ2) is 12.6. The molecule has 0 aromatic heterocycles. The Hall–Kier alpha value is -1.05. The molecular formula is C3H12N6OSSe. The van der Waals surface area contributed by atoms with Gasteiger partial charge in [-0.3, -0.25) is 0 Å². The summed E-state index contributed by atoms with van der Waals surface area (Å²) in [5.41, 5.74) is 27.2. The summed E-state index contributed by atoms with van der Waals surface area (Å²) in [6, 6.07) is -0.833. The molecule has 72 valence electrons. The fraction of sp³-hybridized carbons (Fsp3) is 0. The van der Waals surface area contributed by atoms with Gasteiger partial charge in [-0.05, 0) is 12.2 Å². The molecule has 0 aliphatic rings. The molecular weight excluding hydrogens is 247 g/mol. The predicted molar refractivity (Wildman–Crippen MR) is 53.9 cm³/mol. The van der Waals surface area contributed by atoms with Crippen LogP contribution in [0.2, 0.25) is 0 Å². The maximum atomic E-state index is 9.00. The van der Waals surface area contributed by atoms with Crippen molar-refractivity contribution in [2.24, 2.45) is 34.4 Å². The van der Waals surface area contributed by atoms with Crippen LogP contribution in [0.5, 0.6) is 0 Å². The Labute approximate surface area is 83.1 Å². The summed E-state index contributed by atoms with van der Waals surface area (Å²) < 4.78 is 0.292. The van der Waals surface area contributed by atoms with Crippen molar-refractivity contribution in [1.82, 2.24) is 0 Å². The van der Waals surface area contributed by atoms with Crippen LogP contribution in [-0.4, -0.2) is 31.4 Å². The van der Waals surface area contributed by atoms with Crippen molar-refractivity contribution in [3.05, 3.63) is 0 Å². The van der Waals surface area contributed by atoms with Gasteiger partial charge in [-0.2, -0.15) is 0 Å². The number of primary amides is 2. The van der Waals surface area contributed by atoms with Gasteiger partial charge in [0.05, 0.1) is 0 Å². The SMILES string of the molecule is NC(N)=O.NC(N)=S.NC(N)=[Se]. The van der Waals surface area contributed by atoms with Crippen LogP contribution in [-0.2, 0) is 0 Å². The van der Waals surface area contributed by atoms with Crippen LogP contribution in [0.15, 0.2) is 0 Å². The van der Waals surface area contributed by atoms with Crippen molar-refractivity contribution in [1.29, 1.82) is 0 Å². The van der Waals surface area contributed by atoms with Crippen molar-refractivity contribution in [2.75, 3.05) is 0 Å². The Morgan fingerprint density at radius 3 is 1.00 bits per heavy atom. The first kappa shape index (κ1) is 17.2. The van der Waals surface area contributed by atoms with E-state index in [0.29, 0.717) is 4.67 Å². The number of hydrogen-bond acceptors (Lipinski definition) is 4. The number of amides is 2. The first-order valence-corrected chi connectivity index (χ1v) is 3.61. The molecule has 0 atom stereocenters. The topological polar surface area (TPSA) is 173 Å². The zero-order valence-corrected chi connectivity index (χ0v) is 8.72. The molecule has 12 N–H and O–H groups in total. The number of thiocarbonyl (C=S) groups is 1. The normalized spacial score (nSPS) is 6.00. The van der Waals surface area contributed by atoms with Crippen molar-refractivity contribution < 1.29 is 4.79 Å². The van der Waals surface area contributed by atoms with Gasteiger partial charge < -0.3 is 22.9 Å². The molecule has 12 heavy (non-hydrogen) atoms. The van der Waals surface area contributed by atoms with E-state index in [4.69, 9.17) is 16.3 Å². The molecule has 2 amide bonds. The quantitative estimate of drug-likeness (QED) is 0.193. The predicted octanol–water partition coefficient (Wildman–Crippen LogP) is -3.63. The Bertz CT molecular complexity index is 120. The van der Waals surface area contributed by atoms with Crippen LogP contribution in [0.4, 0.5) is 4.79 Å². The molecule has 9 heteroatoms. The second-order valence-corrected chi connectivity index (χ2v) is 2.67. The van der Waals surface area contributed by atoms with Crippen LogP contribution in [0, 0.1) is 0 Å². The van der Waals surface area contributed by atoms with E-state index >= 15 is 0 Å². The summed E-state index contributed by atoms with van der Waals surface area (Å²) in [4.78, 5) is 9.00.